The number of rotatable bonds is 3. The van der Waals surface area contributed by atoms with Gasteiger partial charge in [-0.25, -0.2) is 0 Å². The fraction of sp³-hybridized carbons (Fsp3) is 1.00. The van der Waals surface area contributed by atoms with Crippen molar-refractivity contribution in [3.8, 4) is 0 Å². The molecular weight excluding hydrogens is 250 g/mol. The van der Waals surface area contributed by atoms with Gasteiger partial charge < -0.3 is 4.74 Å². The second-order valence-corrected chi connectivity index (χ2v) is 4.30. The maximum absolute atomic E-state index is 12.1. The van der Waals surface area contributed by atoms with Crippen LogP contribution in [0.15, 0.2) is 0 Å². The van der Waals surface area contributed by atoms with Crippen molar-refractivity contribution in [2.45, 2.75) is 50.6 Å². The topological polar surface area (TPSA) is 9.23 Å². The van der Waals surface area contributed by atoms with Crippen LogP contribution in [-0.4, -0.2) is 25.1 Å². The van der Waals surface area contributed by atoms with Crippen molar-refractivity contribution >= 4 is 0 Å². The van der Waals surface area contributed by atoms with E-state index >= 15 is 0 Å². The van der Waals surface area contributed by atoms with E-state index in [1.165, 1.54) is 0 Å². The van der Waals surface area contributed by atoms with Gasteiger partial charge in [-0.3, -0.25) is 0 Å². The van der Waals surface area contributed by atoms with E-state index in [9.17, 15) is 26.3 Å². The normalized spacial score (nSPS) is 19.9. The van der Waals surface area contributed by atoms with Crippen LogP contribution in [0.3, 0.4) is 0 Å². The zero-order valence-electron chi connectivity index (χ0n) is 9.07. The van der Waals surface area contributed by atoms with Crippen molar-refractivity contribution in [2.24, 2.45) is 5.92 Å². The summed E-state index contributed by atoms with van der Waals surface area (Å²) in [5.74, 6) is -0.184. The van der Waals surface area contributed by atoms with Gasteiger partial charge in [0.1, 0.15) is 0 Å². The summed E-state index contributed by atoms with van der Waals surface area (Å²) in [7, 11) is 0. The number of alkyl halides is 6. The third-order valence-corrected chi connectivity index (χ3v) is 2.82. The van der Waals surface area contributed by atoms with Gasteiger partial charge in [-0.2, -0.15) is 26.3 Å². The van der Waals surface area contributed by atoms with Crippen molar-refractivity contribution in [1.82, 2.24) is 0 Å². The molecule has 17 heavy (non-hydrogen) atoms. The van der Waals surface area contributed by atoms with Crippen molar-refractivity contribution in [3.05, 3.63) is 0 Å². The van der Waals surface area contributed by atoms with Crippen molar-refractivity contribution in [2.75, 3.05) is 6.61 Å². The molecular formula is C10H14F6O. The summed E-state index contributed by atoms with van der Waals surface area (Å²) in [6, 6.07) is 0. The third-order valence-electron chi connectivity index (χ3n) is 2.82. The first-order valence-corrected chi connectivity index (χ1v) is 5.46. The number of ether oxygens (including phenoxy) is 1. The largest absolute Gasteiger partial charge is 0.423 e. The van der Waals surface area contributed by atoms with E-state index < -0.39 is 25.1 Å². The molecule has 0 bridgehead atoms. The molecule has 1 nitrogen and oxygen atoms in total. The Kier molecular flexibility index (Phi) is 4.69. The lowest BCUT2D eigenvalue weighted by Crippen LogP contribution is -2.45. The van der Waals surface area contributed by atoms with Crippen molar-refractivity contribution in [1.29, 1.82) is 0 Å². The van der Waals surface area contributed by atoms with Crippen LogP contribution in [0.2, 0.25) is 0 Å². The lowest BCUT2D eigenvalue weighted by Gasteiger charge is -2.27. The first-order chi connectivity index (χ1) is 7.71. The van der Waals surface area contributed by atoms with E-state index in [1.807, 2.05) is 0 Å². The molecule has 1 saturated carbocycles. The summed E-state index contributed by atoms with van der Waals surface area (Å²) >= 11 is 0. The lowest BCUT2D eigenvalue weighted by molar-refractivity contribution is -0.323. The van der Waals surface area contributed by atoms with Gasteiger partial charge in [-0.05, 0) is 18.8 Å². The predicted octanol–water partition coefficient (Wildman–Crippen LogP) is 4.08. The minimum absolute atomic E-state index is 0.184. The molecule has 1 rings (SSSR count). The van der Waals surface area contributed by atoms with Crippen LogP contribution in [0.1, 0.15) is 32.1 Å². The SMILES string of the molecule is FC(F)(F)C(OCC1CCCCC1)C(F)(F)F. The predicted molar refractivity (Wildman–Crippen MR) is 48.4 cm³/mol. The Hall–Kier alpha value is -0.460. The first kappa shape index (κ1) is 14.6. The highest BCUT2D eigenvalue weighted by Gasteiger charge is 2.58. The Balaban J connectivity index is 2.49. The van der Waals surface area contributed by atoms with Crippen molar-refractivity contribution in [3.63, 3.8) is 0 Å². The Morgan fingerprint density at radius 3 is 1.76 bits per heavy atom. The van der Waals surface area contributed by atoms with E-state index in [0.717, 1.165) is 19.3 Å². The summed E-state index contributed by atoms with van der Waals surface area (Å²) in [5.41, 5.74) is 0. The highest BCUT2D eigenvalue weighted by atomic mass is 19.4. The number of hydrogen-bond acceptors (Lipinski definition) is 1. The molecule has 0 aromatic heterocycles. The van der Waals surface area contributed by atoms with Crippen molar-refractivity contribution < 1.29 is 31.1 Å². The molecule has 0 amide bonds. The van der Waals surface area contributed by atoms with Crippen LogP contribution >= 0.6 is 0 Å². The van der Waals surface area contributed by atoms with Gasteiger partial charge in [-0.1, -0.05) is 19.3 Å². The molecule has 102 valence electrons. The summed E-state index contributed by atoms with van der Waals surface area (Å²) in [6.07, 6.45) is -10.5. The fourth-order valence-corrected chi connectivity index (χ4v) is 1.96. The molecule has 0 heterocycles. The summed E-state index contributed by atoms with van der Waals surface area (Å²) in [5, 5.41) is 0. The molecule has 7 heteroatoms. The molecule has 0 unspecified atom stereocenters. The zero-order chi connectivity index (χ0) is 13.1. The van der Waals surface area contributed by atoms with Crippen LogP contribution in [0, 0.1) is 5.92 Å². The molecule has 0 radical (unpaired) electrons. The van der Waals surface area contributed by atoms with Crippen LogP contribution in [0.5, 0.6) is 0 Å². The molecule has 0 aliphatic heterocycles. The van der Waals surface area contributed by atoms with Gasteiger partial charge >= 0.3 is 12.4 Å². The molecule has 0 saturated heterocycles. The summed E-state index contributed by atoms with van der Waals surface area (Å²) < 4.78 is 76.8. The molecule has 0 aromatic rings. The second kappa shape index (κ2) is 5.46. The van der Waals surface area contributed by atoms with Crippen LogP contribution in [0.25, 0.3) is 0 Å². The lowest BCUT2D eigenvalue weighted by atomic mass is 9.90. The van der Waals surface area contributed by atoms with E-state index in [4.69, 9.17) is 0 Å². The third kappa shape index (κ3) is 4.73. The molecule has 0 N–H and O–H groups in total. The minimum atomic E-state index is -5.40. The first-order valence-electron chi connectivity index (χ1n) is 5.46. The molecule has 1 aliphatic rings. The van der Waals surface area contributed by atoms with Crippen LogP contribution in [0.4, 0.5) is 26.3 Å². The average molecular weight is 264 g/mol. The highest BCUT2D eigenvalue weighted by molar-refractivity contribution is 4.77. The van der Waals surface area contributed by atoms with Gasteiger partial charge in [0.15, 0.2) is 0 Å². The number of hydrogen-bond donors (Lipinski definition) is 0. The van der Waals surface area contributed by atoms with Gasteiger partial charge in [-0.15, -0.1) is 0 Å². The van der Waals surface area contributed by atoms with E-state index in [-0.39, 0.29) is 5.92 Å². The van der Waals surface area contributed by atoms with Gasteiger partial charge in [0.05, 0.1) is 6.61 Å². The van der Waals surface area contributed by atoms with E-state index in [0.29, 0.717) is 12.8 Å². The molecule has 1 aliphatic carbocycles. The van der Waals surface area contributed by atoms with E-state index in [2.05, 4.69) is 4.74 Å². The van der Waals surface area contributed by atoms with Gasteiger partial charge in [0.25, 0.3) is 0 Å². The number of halogens is 6. The minimum Gasteiger partial charge on any atom is -0.361 e. The summed E-state index contributed by atoms with van der Waals surface area (Å²) in [4.78, 5) is 0. The monoisotopic (exact) mass is 264 g/mol. The van der Waals surface area contributed by atoms with E-state index in [1.54, 1.807) is 0 Å². The quantitative estimate of drug-likeness (QED) is 0.698. The average Bonchev–Trinajstić information content (AvgIpc) is 2.15. The molecule has 0 atom stereocenters. The maximum atomic E-state index is 12.1. The second-order valence-electron chi connectivity index (χ2n) is 4.30. The molecule has 0 spiro atoms. The fourth-order valence-electron chi connectivity index (χ4n) is 1.96. The van der Waals surface area contributed by atoms with Gasteiger partial charge in [0, 0.05) is 0 Å². The Labute approximate surface area is 95.1 Å². The zero-order valence-corrected chi connectivity index (χ0v) is 9.07. The Morgan fingerprint density at radius 2 is 1.35 bits per heavy atom. The Morgan fingerprint density at radius 1 is 0.882 bits per heavy atom. The summed E-state index contributed by atoms with van der Waals surface area (Å²) in [6.45, 7) is -0.469. The van der Waals surface area contributed by atoms with Crippen LogP contribution in [-0.2, 0) is 4.74 Å². The maximum Gasteiger partial charge on any atom is 0.423 e. The smallest absolute Gasteiger partial charge is 0.361 e. The van der Waals surface area contributed by atoms with Crippen LogP contribution < -0.4 is 0 Å². The Bertz CT molecular complexity index is 214. The molecule has 1 fully saturated rings. The highest BCUT2D eigenvalue weighted by Crippen LogP contribution is 2.36. The standard InChI is InChI=1S/C10H14F6O/c11-9(12,13)8(10(14,15)16)17-6-7-4-2-1-3-5-7/h7-8H,1-6H2. The molecule has 0 aromatic carbocycles. The van der Waals surface area contributed by atoms with Gasteiger partial charge in [0.2, 0.25) is 6.10 Å².